The molecular weight excluding hydrogens is 520 g/mol. The number of nitrogens with one attached hydrogen (secondary N) is 2. The highest BCUT2D eigenvalue weighted by Crippen LogP contribution is 2.36. The summed E-state index contributed by atoms with van der Waals surface area (Å²) in [5.41, 5.74) is 1.83. The summed E-state index contributed by atoms with van der Waals surface area (Å²) in [5.74, 6) is -0.459. The van der Waals surface area contributed by atoms with Crippen LogP contribution in [0, 0.1) is 0 Å². The minimum absolute atomic E-state index is 0.153. The summed E-state index contributed by atoms with van der Waals surface area (Å²) in [6.45, 7) is 2.76. The number of benzene rings is 1. The molecule has 3 aromatic heterocycles. The average molecular weight is 549 g/mol. The van der Waals surface area contributed by atoms with Gasteiger partial charge in [-0.2, -0.15) is 0 Å². The van der Waals surface area contributed by atoms with Crippen LogP contribution in [0.4, 0.5) is 11.8 Å². The molecule has 1 aromatic carbocycles. The Hall–Kier alpha value is -4.69. The van der Waals surface area contributed by atoms with Crippen molar-refractivity contribution in [2.24, 2.45) is 0 Å². The summed E-state index contributed by atoms with van der Waals surface area (Å²) in [6, 6.07) is 8.69. The van der Waals surface area contributed by atoms with Crippen molar-refractivity contribution in [1.29, 1.82) is 0 Å². The maximum absolute atomic E-state index is 12.9. The van der Waals surface area contributed by atoms with Crippen molar-refractivity contribution >= 4 is 40.7 Å². The largest absolute Gasteiger partial charge is 0.460 e. The summed E-state index contributed by atoms with van der Waals surface area (Å²) >= 11 is 0. The third kappa shape index (κ3) is 5.53. The van der Waals surface area contributed by atoms with E-state index >= 15 is 0 Å². The number of carbonyl (C=O) groups excluding carboxylic acids is 3. The van der Waals surface area contributed by atoms with Crippen molar-refractivity contribution in [3.63, 3.8) is 0 Å². The van der Waals surface area contributed by atoms with Crippen LogP contribution < -0.4 is 10.6 Å². The molecule has 1 aliphatic heterocycles. The van der Waals surface area contributed by atoms with E-state index in [-0.39, 0.29) is 30.7 Å². The number of aliphatic hydroxyl groups excluding tert-OH is 1. The quantitative estimate of drug-likeness (QED) is 0.260. The molecule has 0 saturated carbocycles. The average Bonchev–Trinajstić information content (AvgIpc) is 3.66. The molecule has 0 radical (unpaired) electrons. The van der Waals surface area contributed by atoms with Gasteiger partial charge in [-0.25, -0.2) is 19.9 Å². The van der Waals surface area contributed by atoms with Crippen LogP contribution in [-0.2, 0) is 20.7 Å². The summed E-state index contributed by atoms with van der Waals surface area (Å²) < 4.78 is 14.6. The molecule has 3 N–H and O–H groups in total. The van der Waals surface area contributed by atoms with E-state index in [1.165, 1.54) is 31.1 Å². The molecule has 208 valence electrons. The molecular formula is C26H28N8O6. The van der Waals surface area contributed by atoms with Crippen LogP contribution in [0.3, 0.4) is 0 Å². The summed E-state index contributed by atoms with van der Waals surface area (Å²) in [4.78, 5) is 53.8. The van der Waals surface area contributed by atoms with Crippen LogP contribution in [0.2, 0.25) is 0 Å². The molecule has 3 atom stereocenters. The molecule has 0 unspecified atom stereocenters. The van der Waals surface area contributed by atoms with Crippen LogP contribution in [-0.4, -0.2) is 77.3 Å². The van der Waals surface area contributed by atoms with Crippen molar-refractivity contribution in [3.8, 4) is 0 Å². The van der Waals surface area contributed by atoms with Gasteiger partial charge in [-0.3, -0.25) is 23.5 Å². The van der Waals surface area contributed by atoms with Gasteiger partial charge >= 0.3 is 5.97 Å². The number of rotatable bonds is 9. The number of hydrogen-bond acceptors (Lipinski definition) is 11. The van der Waals surface area contributed by atoms with Gasteiger partial charge in [-0.1, -0.05) is 18.2 Å². The predicted octanol–water partition coefficient (Wildman–Crippen LogP) is 1.80. The van der Waals surface area contributed by atoms with Crippen LogP contribution in [0.25, 0.3) is 11.2 Å². The fourth-order valence-corrected chi connectivity index (χ4v) is 4.62. The first kappa shape index (κ1) is 26.9. The summed E-state index contributed by atoms with van der Waals surface area (Å²) in [5, 5.41) is 15.9. The fraction of sp³-hybridized carbons (Fsp3) is 0.346. The van der Waals surface area contributed by atoms with Gasteiger partial charge in [0.1, 0.15) is 31.1 Å². The van der Waals surface area contributed by atoms with Crippen molar-refractivity contribution in [3.05, 3.63) is 60.4 Å². The van der Waals surface area contributed by atoms with Crippen molar-refractivity contribution < 1.29 is 29.0 Å². The number of amides is 1. The highest BCUT2D eigenvalue weighted by atomic mass is 16.6. The molecule has 1 amide bonds. The second kappa shape index (κ2) is 11.6. The lowest BCUT2D eigenvalue weighted by atomic mass is 10.2. The molecule has 4 aromatic rings. The Bertz CT molecular complexity index is 1530. The zero-order valence-electron chi connectivity index (χ0n) is 21.9. The Morgan fingerprint density at radius 1 is 1.18 bits per heavy atom. The number of carbonyl (C=O) groups is 3. The molecule has 4 heterocycles. The molecule has 0 spiro atoms. The third-order valence-corrected chi connectivity index (χ3v) is 6.43. The number of ether oxygens (including phenoxy) is 2. The molecule has 1 fully saturated rings. The number of anilines is 2. The van der Waals surface area contributed by atoms with Gasteiger partial charge in [-0.05, 0) is 12.1 Å². The van der Waals surface area contributed by atoms with Gasteiger partial charge in [0.2, 0.25) is 11.9 Å². The molecule has 1 aliphatic rings. The zero-order valence-corrected chi connectivity index (χ0v) is 21.9. The first-order valence-electron chi connectivity index (χ1n) is 12.6. The van der Waals surface area contributed by atoms with E-state index < -0.39 is 24.4 Å². The van der Waals surface area contributed by atoms with Crippen LogP contribution in [0.15, 0.2) is 49.2 Å². The maximum Gasteiger partial charge on any atom is 0.302 e. The highest BCUT2D eigenvalue weighted by molar-refractivity contribution is 6.06. The van der Waals surface area contributed by atoms with Crippen molar-refractivity contribution in [1.82, 2.24) is 29.1 Å². The molecule has 0 bridgehead atoms. The minimum Gasteiger partial charge on any atom is -0.460 e. The van der Waals surface area contributed by atoms with E-state index in [2.05, 4.69) is 30.6 Å². The molecule has 40 heavy (non-hydrogen) atoms. The number of hydrogen-bond donors (Lipinski definition) is 3. The molecule has 1 saturated heterocycles. The SMILES string of the molecule is CC(=O)O[C@H]1C[C@H](n2c(NCCc3cncn3C(C)=O)nc3c(NC(=O)c4ccccc4)ncnc32)O[C@@H]1CO. The predicted molar refractivity (Wildman–Crippen MR) is 142 cm³/mol. The second-order valence-corrected chi connectivity index (χ2v) is 9.17. The molecule has 0 aliphatic carbocycles. The Morgan fingerprint density at radius 3 is 2.70 bits per heavy atom. The molecule has 14 heteroatoms. The van der Waals surface area contributed by atoms with E-state index in [0.29, 0.717) is 41.3 Å². The van der Waals surface area contributed by atoms with Crippen LogP contribution in [0.5, 0.6) is 0 Å². The van der Waals surface area contributed by atoms with Gasteiger partial charge in [-0.15, -0.1) is 0 Å². The maximum atomic E-state index is 12.9. The third-order valence-electron chi connectivity index (χ3n) is 6.43. The molecule has 5 rings (SSSR count). The van der Waals surface area contributed by atoms with Gasteiger partial charge in [0, 0.05) is 50.7 Å². The standard InChI is InChI=1S/C26H28N8O6/c1-15(36)33-14-27-11-18(33)8-9-28-26-31-22-23(32-25(38)17-6-4-3-5-7-17)29-13-30-24(22)34(26)21-10-19(39-16(2)37)20(12-35)40-21/h3-7,11,13-14,19-21,35H,8-10,12H2,1-2H3,(H,28,31)(H,29,30,32,38)/t19-,20+,21+/m0/s1. The topological polar surface area (TPSA) is 175 Å². The monoisotopic (exact) mass is 548 g/mol. The van der Waals surface area contributed by atoms with Gasteiger partial charge in [0.15, 0.2) is 17.0 Å². The van der Waals surface area contributed by atoms with E-state index in [0.717, 1.165) is 0 Å². The van der Waals surface area contributed by atoms with Gasteiger partial charge < -0.3 is 25.2 Å². The number of aliphatic hydroxyl groups is 1. The summed E-state index contributed by atoms with van der Waals surface area (Å²) in [6.07, 6.45) is 2.93. The Labute approximate surface area is 228 Å². The molecule has 14 nitrogen and oxygen atoms in total. The number of imidazole rings is 2. The number of aromatic nitrogens is 6. The second-order valence-electron chi connectivity index (χ2n) is 9.17. The Balaban J connectivity index is 1.48. The lowest BCUT2D eigenvalue weighted by Crippen LogP contribution is -2.29. The van der Waals surface area contributed by atoms with Crippen molar-refractivity contribution in [2.45, 2.75) is 45.1 Å². The van der Waals surface area contributed by atoms with E-state index in [1.807, 2.05) is 6.07 Å². The minimum atomic E-state index is -0.747. The van der Waals surface area contributed by atoms with Gasteiger partial charge in [0.25, 0.3) is 5.91 Å². The van der Waals surface area contributed by atoms with Gasteiger partial charge in [0.05, 0.1) is 6.61 Å². The van der Waals surface area contributed by atoms with E-state index in [9.17, 15) is 19.5 Å². The first-order chi connectivity index (χ1) is 19.4. The zero-order chi connectivity index (χ0) is 28.2. The van der Waals surface area contributed by atoms with E-state index in [1.54, 1.807) is 35.0 Å². The normalized spacial score (nSPS) is 18.5. The first-order valence-corrected chi connectivity index (χ1v) is 12.6. The number of nitrogens with zero attached hydrogens (tertiary/aromatic N) is 6. The van der Waals surface area contributed by atoms with Crippen LogP contribution >= 0.6 is 0 Å². The number of fused-ring (bicyclic) bond motifs is 1. The highest BCUT2D eigenvalue weighted by Gasteiger charge is 2.40. The smallest absolute Gasteiger partial charge is 0.302 e. The lowest BCUT2D eigenvalue weighted by Gasteiger charge is -2.17. The Morgan fingerprint density at radius 2 is 1.98 bits per heavy atom. The van der Waals surface area contributed by atoms with Crippen molar-refractivity contribution in [2.75, 3.05) is 23.8 Å². The lowest BCUT2D eigenvalue weighted by molar-refractivity contribution is -0.150. The van der Waals surface area contributed by atoms with E-state index in [4.69, 9.17) is 9.47 Å². The summed E-state index contributed by atoms with van der Waals surface area (Å²) in [7, 11) is 0. The Kier molecular flexibility index (Phi) is 7.79. The van der Waals surface area contributed by atoms with Crippen LogP contribution in [0.1, 0.15) is 47.3 Å². The number of esters is 1. The fourth-order valence-electron chi connectivity index (χ4n) is 4.62.